The zero-order valence-corrected chi connectivity index (χ0v) is 14.5. The number of rotatable bonds is 5. The number of hydrogen-bond donors (Lipinski definition) is 1. The Balaban J connectivity index is 1.55. The number of fused-ring (bicyclic) bond motifs is 1. The Bertz CT molecular complexity index is 706. The highest BCUT2D eigenvalue weighted by Gasteiger charge is 2.14. The van der Waals surface area contributed by atoms with E-state index in [2.05, 4.69) is 23.5 Å². The fourth-order valence-corrected chi connectivity index (χ4v) is 3.17. The monoisotopic (exact) mass is 323 g/mol. The number of nitrogens with one attached hydrogen (secondary N) is 1. The second-order valence-corrected chi connectivity index (χ2v) is 6.63. The van der Waals surface area contributed by atoms with Crippen molar-refractivity contribution >= 4 is 5.91 Å². The van der Waals surface area contributed by atoms with Crippen LogP contribution in [0.4, 0.5) is 0 Å². The number of ether oxygens (including phenoxy) is 1. The molecule has 24 heavy (non-hydrogen) atoms. The van der Waals surface area contributed by atoms with Crippen LogP contribution < -0.4 is 10.1 Å². The number of carbonyl (C=O) groups excluding carboxylic acids is 1. The first-order valence-corrected chi connectivity index (χ1v) is 8.72. The summed E-state index contributed by atoms with van der Waals surface area (Å²) < 4.78 is 5.54. The quantitative estimate of drug-likeness (QED) is 0.898. The van der Waals surface area contributed by atoms with Crippen molar-refractivity contribution in [1.82, 2.24) is 5.32 Å². The summed E-state index contributed by atoms with van der Waals surface area (Å²) >= 11 is 0. The first kappa shape index (κ1) is 16.6. The van der Waals surface area contributed by atoms with E-state index in [0.717, 1.165) is 12.2 Å². The van der Waals surface area contributed by atoms with Gasteiger partial charge in [0.05, 0.1) is 6.04 Å². The van der Waals surface area contributed by atoms with E-state index in [1.807, 2.05) is 38.1 Å². The molecule has 3 rings (SSSR count). The summed E-state index contributed by atoms with van der Waals surface area (Å²) in [4.78, 5) is 12.1. The molecule has 2 aromatic carbocycles. The average molecular weight is 323 g/mol. The van der Waals surface area contributed by atoms with Crippen molar-refractivity contribution in [1.29, 1.82) is 0 Å². The predicted molar refractivity (Wildman–Crippen MR) is 96.3 cm³/mol. The molecule has 0 aromatic heterocycles. The van der Waals surface area contributed by atoms with E-state index in [9.17, 15) is 4.79 Å². The van der Waals surface area contributed by atoms with Gasteiger partial charge in [0.15, 0.2) is 6.61 Å². The van der Waals surface area contributed by atoms with Gasteiger partial charge in [-0.1, -0.05) is 35.9 Å². The summed E-state index contributed by atoms with van der Waals surface area (Å²) in [7, 11) is 0. The molecule has 0 saturated heterocycles. The number of carbonyl (C=O) groups is 1. The third-order valence-corrected chi connectivity index (χ3v) is 4.64. The number of aryl methyl sites for hydroxylation is 3. The van der Waals surface area contributed by atoms with Crippen LogP contribution in [0.2, 0.25) is 0 Å². The minimum absolute atomic E-state index is 0.00801. The van der Waals surface area contributed by atoms with Crippen molar-refractivity contribution in [2.75, 3.05) is 6.61 Å². The van der Waals surface area contributed by atoms with Gasteiger partial charge in [-0.2, -0.15) is 0 Å². The van der Waals surface area contributed by atoms with E-state index >= 15 is 0 Å². The first-order valence-electron chi connectivity index (χ1n) is 8.72. The third-order valence-electron chi connectivity index (χ3n) is 4.64. The predicted octanol–water partition coefficient (Wildman–Crippen LogP) is 4.13. The Kier molecular flexibility index (Phi) is 5.19. The van der Waals surface area contributed by atoms with Crippen LogP contribution in [0, 0.1) is 6.92 Å². The van der Waals surface area contributed by atoms with Crippen molar-refractivity contribution in [3.8, 4) is 5.75 Å². The third kappa shape index (κ3) is 4.16. The van der Waals surface area contributed by atoms with E-state index in [0.29, 0.717) is 0 Å². The molecule has 0 heterocycles. The lowest BCUT2D eigenvalue weighted by molar-refractivity contribution is -0.123. The van der Waals surface area contributed by atoms with Gasteiger partial charge in [0.1, 0.15) is 5.75 Å². The van der Waals surface area contributed by atoms with Crippen molar-refractivity contribution in [2.45, 2.75) is 45.6 Å². The van der Waals surface area contributed by atoms with Gasteiger partial charge in [0, 0.05) is 0 Å². The van der Waals surface area contributed by atoms with E-state index < -0.39 is 0 Å². The Hall–Kier alpha value is -2.29. The Morgan fingerprint density at radius 2 is 1.79 bits per heavy atom. The van der Waals surface area contributed by atoms with Crippen molar-refractivity contribution in [3.63, 3.8) is 0 Å². The van der Waals surface area contributed by atoms with Crippen LogP contribution in [0.1, 0.15) is 48.1 Å². The minimum Gasteiger partial charge on any atom is -0.484 e. The molecule has 1 aliphatic rings. The summed E-state index contributed by atoms with van der Waals surface area (Å²) in [5, 5.41) is 3.02. The van der Waals surface area contributed by atoms with E-state index in [4.69, 9.17) is 4.74 Å². The smallest absolute Gasteiger partial charge is 0.258 e. The van der Waals surface area contributed by atoms with Gasteiger partial charge < -0.3 is 10.1 Å². The van der Waals surface area contributed by atoms with Crippen LogP contribution in [0.15, 0.2) is 42.5 Å². The summed E-state index contributed by atoms with van der Waals surface area (Å²) in [6.07, 6.45) is 4.89. The number of amides is 1. The molecule has 1 unspecified atom stereocenters. The van der Waals surface area contributed by atoms with Crippen LogP contribution in [0.3, 0.4) is 0 Å². The Morgan fingerprint density at radius 3 is 2.54 bits per heavy atom. The van der Waals surface area contributed by atoms with Gasteiger partial charge in [-0.15, -0.1) is 0 Å². The number of hydrogen-bond acceptors (Lipinski definition) is 2. The molecule has 1 atom stereocenters. The second-order valence-electron chi connectivity index (χ2n) is 6.63. The lowest BCUT2D eigenvalue weighted by atomic mass is 9.89. The fraction of sp³-hybridized carbons (Fsp3) is 0.381. The van der Waals surface area contributed by atoms with Gasteiger partial charge in [-0.25, -0.2) is 0 Å². The highest BCUT2D eigenvalue weighted by atomic mass is 16.5. The molecule has 0 fully saturated rings. The largest absolute Gasteiger partial charge is 0.484 e. The minimum atomic E-state index is -0.0965. The fourth-order valence-electron chi connectivity index (χ4n) is 3.17. The molecular formula is C21H25NO2. The lowest BCUT2D eigenvalue weighted by Gasteiger charge is -2.20. The first-order chi connectivity index (χ1) is 11.6. The van der Waals surface area contributed by atoms with E-state index in [1.54, 1.807) is 0 Å². The van der Waals surface area contributed by atoms with Gasteiger partial charge in [-0.3, -0.25) is 4.79 Å². The Labute approximate surface area is 144 Å². The van der Waals surface area contributed by atoms with Crippen molar-refractivity contribution < 1.29 is 9.53 Å². The molecule has 0 bridgehead atoms. The molecule has 3 nitrogen and oxygen atoms in total. The SMILES string of the molecule is Cc1ccc(OCC(=O)NC(C)c2ccc3c(c2)CCCC3)cc1. The molecule has 0 aliphatic heterocycles. The molecule has 1 aliphatic carbocycles. The molecular weight excluding hydrogens is 298 g/mol. The van der Waals surface area contributed by atoms with Crippen LogP contribution >= 0.6 is 0 Å². The normalized spacial score (nSPS) is 14.6. The van der Waals surface area contributed by atoms with Crippen LogP contribution in [0.25, 0.3) is 0 Å². The topological polar surface area (TPSA) is 38.3 Å². The zero-order valence-electron chi connectivity index (χ0n) is 14.5. The highest BCUT2D eigenvalue weighted by molar-refractivity contribution is 5.78. The van der Waals surface area contributed by atoms with E-state index in [1.165, 1.54) is 41.5 Å². The number of benzene rings is 2. The summed E-state index contributed by atoms with van der Waals surface area (Å²) in [6.45, 7) is 4.09. The standard InChI is InChI=1S/C21H25NO2/c1-15-7-11-20(12-8-15)24-14-21(23)22-16(2)18-10-9-17-5-3-4-6-19(17)13-18/h7-13,16H,3-6,14H2,1-2H3,(H,22,23). The van der Waals surface area contributed by atoms with Gasteiger partial charge in [-0.05, 0) is 68.4 Å². The zero-order chi connectivity index (χ0) is 16.9. The van der Waals surface area contributed by atoms with Crippen LogP contribution in [-0.4, -0.2) is 12.5 Å². The molecule has 0 spiro atoms. The summed E-state index contributed by atoms with van der Waals surface area (Å²) in [6, 6.07) is 14.3. The molecule has 1 N–H and O–H groups in total. The van der Waals surface area contributed by atoms with Crippen molar-refractivity contribution in [2.24, 2.45) is 0 Å². The maximum Gasteiger partial charge on any atom is 0.258 e. The maximum atomic E-state index is 12.1. The lowest BCUT2D eigenvalue weighted by Crippen LogP contribution is -2.31. The molecule has 1 amide bonds. The average Bonchev–Trinajstić information content (AvgIpc) is 2.61. The second kappa shape index (κ2) is 7.52. The van der Waals surface area contributed by atoms with E-state index in [-0.39, 0.29) is 18.6 Å². The molecule has 126 valence electrons. The molecule has 2 aromatic rings. The molecule has 0 saturated carbocycles. The van der Waals surface area contributed by atoms with Crippen LogP contribution in [0.5, 0.6) is 5.75 Å². The maximum absolute atomic E-state index is 12.1. The highest BCUT2D eigenvalue weighted by Crippen LogP contribution is 2.24. The Morgan fingerprint density at radius 1 is 1.08 bits per heavy atom. The van der Waals surface area contributed by atoms with Gasteiger partial charge >= 0.3 is 0 Å². The molecule has 0 radical (unpaired) electrons. The summed E-state index contributed by atoms with van der Waals surface area (Å²) in [5.74, 6) is 0.623. The van der Waals surface area contributed by atoms with Crippen molar-refractivity contribution in [3.05, 3.63) is 64.7 Å². The molecule has 3 heteroatoms. The summed E-state index contributed by atoms with van der Waals surface area (Å²) in [5.41, 5.74) is 5.24. The van der Waals surface area contributed by atoms with Crippen LogP contribution in [-0.2, 0) is 17.6 Å². The van der Waals surface area contributed by atoms with Gasteiger partial charge in [0.2, 0.25) is 0 Å². The van der Waals surface area contributed by atoms with Gasteiger partial charge in [0.25, 0.3) is 5.91 Å².